The second-order valence-corrected chi connectivity index (χ2v) is 5.49. The average Bonchev–Trinajstić information content (AvgIpc) is 2.81. The van der Waals surface area contributed by atoms with Crippen LogP contribution in [0.25, 0.3) is 0 Å². The summed E-state index contributed by atoms with van der Waals surface area (Å²) in [7, 11) is 0. The highest BCUT2D eigenvalue weighted by Gasteiger charge is 2.11. The molecule has 21 heavy (non-hydrogen) atoms. The van der Waals surface area contributed by atoms with E-state index in [4.69, 9.17) is 10.5 Å². The highest BCUT2D eigenvalue weighted by atomic mass is 32.2. The van der Waals surface area contributed by atoms with Crippen molar-refractivity contribution in [1.29, 1.82) is 0 Å². The molecule has 0 saturated carbocycles. The molecule has 0 bridgehead atoms. The molecule has 0 saturated heterocycles. The van der Waals surface area contributed by atoms with E-state index in [0.717, 1.165) is 17.7 Å². The van der Waals surface area contributed by atoms with Gasteiger partial charge < -0.3 is 10.5 Å². The fraction of sp³-hybridized carbons (Fsp3) is 0.429. The van der Waals surface area contributed by atoms with E-state index in [-0.39, 0.29) is 5.69 Å². The van der Waals surface area contributed by atoms with Crippen molar-refractivity contribution < 1.29 is 4.74 Å². The molecule has 0 radical (unpaired) electrons. The van der Waals surface area contributed by atoms with Crippen LogP contribution in [-0.2, 0) is 12.3 Å². The zero-order valence-electron chi connectivity index (χ0n) is 12.3. The number of aromatic nitrogens is 3. The van der Waals surface area contributed by atoms with E-state index in [1.54, 1.807) is 4.57 Å². The van der Waals surface area contributed by atoms with Crippen molar-refractivity contribution in [2.24, 2.45) is 0 Å². The van der Waals surface area contributed by atoms with Crippen LogP contribution in [0, 0.1) is 0 Å². The molecule has 2 rings (SSSR count). The number of nitrogens with two attached hydrogens (primary N) is 1. The predicted octanol–water partition coefficient (Wildman–Crippen LogP) is 2.25. The number of hydrogen-bond acceptors (Lipinski definition) is 5. The molecule has 0 spiro atoms. The maximum atomic E-state index is 11.7. The lowest BCUT2D eigenvalue weighted by atomic mass is 10.2. The Morgan fingerprint density at radius 3 is 2.95 bits per heavy atom. The molecule has 6 nitrogen and oxygen atoms in total. The zero-order valence-corrected chi connectivity index (χ0v) is 13.1. The molecule has 0 fully saturated rings. The van der Waals surface area contributed by atoms with Crippen molar-refractivity contribution >= 4 is 17.4 Å². The molecule has 0 aliphatic heterocycles. The van der Waals surface area contributed by atoms with E-state index in [0.29, 0.717) is 29.7 Å². The van der Waals surface area contributed by atoms with Crippen LogP contribution in [0.4, 0.5) is 5.69 Å². The fourth-order valence-electron chi connectivity index (χ4n) is 1.98. The first-order valence-corrected chi connectivity index (χ1v) is 7.93. The number of nitrogen functional groups attached to an aromatic ring is 1. The van der Waals surface area contributed by atoms with E-state index in [1.165, 1.54) is 11.8 Å². The highest BCUT2D eigenvalue weighted by molar-refractivity contribution is 7.98. The second-order valence-electron chi connectivity index (χ2n) is 4.55. The molecule has 2 aromatic rings. The van der Waals surface area contributed by atoms with Gasteiger partial charge >= 0.3 is 5.69 Å². The van der Waals surface area contributed by atoms with Crippen LogP contribution in [0.2, 0.25) is 0 Å². The highest BCUT2D eigenvalue weighted by Crippen LogP contribution is 2.28. The summed E-state index contributed by atoms with van der Waals surface area (Å²) in [6.45, 7) is 5.23. The van der Waals surface area contributed by atoms with Crippen LogP contribution in [-0.4, -0.2) is 21.4 Å². The van der Waals surface area contributed by atoms with Gasteiger partial charge in [0.05, 0.1) is 6.61 Å². The Morgan fingerprint density at radius 2 is 2.24 bits per heavy atom. The van der Waals surface area contributed by atoms with E-state index < -0.39 is 0 Å². The molecule has 7 heteroatoms. The molecule has 0 unspecified atom stereocenters. The first-order valence-electron chi connectivity index (χ1n) is 6.94. The average molecular weight is 308 g/mol. The van der Waals surface area contributed by atoms with Gasteiger partial charge in [0.1, 0.15) is 5.75 Å². The molecule has 1 aromatic heterocycles. The lowest BCUT2D eigenvalue weighted by Crippen LogP contribution is -2.17. The summed E-state index contributed by atoms with van der Waals surface area (Å²) in [6, 6.07) is 5.59. The number of thioether (sulfide) groups is 1. The summed E-state index contributed by atoms with van der Waals surface area (Å²) in [4.78, 5) is 11.7. The second kappa shape index (κ2) is 7.21. The van der Waals surface area contributed by atoms with E-state index >= 15 is 0 Å². The van der Waals surface area contributed by atoms with Crippen LogP contribution in [0.5, 0.6) is 5.75 Å². The molecule has 0 amide bonds. The number of rotatable bonds is 7. The minimum Gasteiger partial charge on any atom is -0.494 e. The van der Waals surface area contributed by atoms with Crippen LogP contribution < -0.4 is 16.2 Å². The minimum atomic E-state index is -0.169. The van der Waals surface area contributed by atoms with Crippen LogP contribution >= 0.6 is 11.8 Å². The Hall–Kier alpha value is -1.89. The molecule has 1 heterocycles. The Kier molecular flexibility index (Phi) is 5.32. The quantitative estimate of drug-likeness (QED) is 0.605. The zero-order chi connectivity index (χ0) is 15.2. The number of anilines is 1. The topological polar surface area (TPSA) is 85.9 Å². The largest absolute Gasteiger partial charge is 0.494 e. The van der Waals surface area contributed by atoms with Gasteiger partial charge in [0.25, 0.3) is 0 Å². The summed E-state index contributed by atoms with van der Waals surface area (Å²) in [5.74, 6) is 1.47. The van der Waals surface area contributed by atoms with Crippen molar-refractivity contribution in [2.75, 3.05) is 12.3 Å². The van der Waals surface area contributed by atoms with Gasteiger partial charge in [-0.25, -0.2) is 9.89 Å². The van der Waals surface area contributed by atoms with Crippen LogP contribution in [0.15, 0.2) is 28.2 Å². The van der Waals surface area contributed by atoms with Crippen molar-refractivity contribution in [2.45, 2.75) is 37.7 Å². The summed E-state index contributed by atoms with van der Waals surface area (Å²) in [5.41, 5.74) is 7.36. The number of ether oxygens (including phenoxy) is 1. The van der Waals surface area contributed by atoms with Crippen molar-refractivity contribution in [3.63, 3.8) is 0 Å². The SMILES string of the molecule is CCCn1c(SCc2cc(N)ccc2OCC)n[nH]c1=O. The van der Waals surface area contributed by atoms with Gasteiger partial charge in [-0.3, -0.25) is 4.57 Å². The Balaban J connectivity index is 2.16. The van der Waals surface area contributed by atoms with Gasteiger partial charge in [-0.15, -0.1) is 5.10 Å². The Morgan fingerprint density at radius 1 is 1.43 bits per heavy atom. The molecule has 1 aromatic carbocycles. The van der Waals surface area contributed by atoms with E-state index in [9.17, 15) is 4.79 Å². The number of nitrogens with zero attached hydrogens (tertiary/aromatic N) is 2. The molecular formula is C14H20N4O2S. The molecule has 0 aliphatic rings. The van der Waals surface area contributed by atoms with Gasteiger partial charge in [0.2, 0.25) is 0 Å². The third-order valence-electron chi connectivity index (χ3n) is 2.91. The number of benzene rings is 1. The van der Waals surface area contributed by atoms with Crippen LogP contribution in [0.3, 0.4) is 0 Å². The van der Waals surface area contributed by atoms with Crippen molar-refractivity contribution in [3.8, 4) is 5.75 Å². The first kappa shape index (κ1) is 15.5. The molecule has 0 aliphatic carbocycles. The fourth-order valence-corrected chi connectivity index (χ4v) is 2.94. The van der Waals surface area contributed by atoms with Crippen molar-refractivity contribution in [3.05, 3.63) is 34.2 Å². The number of H-pyrrole nitrogens is 1. The summed E-state index contributed by atoms with van der Waals surface area (Å²) in [6.07, 6.45) is 0.884. The first-order chi connectivity index (χ1) is 10.2. The van der Waals surface area contributed by atoms with Gasteiger partial charge in [0, 0.05) is 23.5 Å². The van der Waals surface area contributed by atoms with Gasteiger partial charge in [-0.05, 0) is 31.5 Å². The number of hydrogen-bond donors (Lipinski definition) is 2. The van der Waals surface area contributed by atoms with Crippen LogP contribution in [0.1, 0.15) is 25.8 Å². The smallest absolute Gasteiger partial charge is 0.343 e. The lowest BCUT2D eigenvalue weighted by Gasteiger charge is -2.10. The minimum absolute atomic E-state index is 0.169. The molecule has 0 atom stereocenters. The molecular weight excluding hydrogens is 288 g/mol. The monoisotopic (exact) mass is 308 g/mol. The van der Waals surface area contributed by atoms with Gasteiger partial charge in [0.15, 0.2) is 5.16 Å². The number of aromatic amines is 1. The lowest BCUT2D eigenvalue weighted by molar-refractivity contribution is 0.337. The summed E-state index contributed by atoms with van der Waals surface area (Å²) < 4.78 is 7.25. The normalized spacial score (nSPS) is 10.8. The maximum Gasteiger partial charge on any atom is 0.343 e. The Labute approximate surface area is 127 Å². The van der Waals surface area contributed by atoms with Gasteiger partial charge in [-0.1, -0.05) is 18.7 Å². The third kappa shape index (κ3) is 3.81. The number of nitrogens with one attached hydrogen (secondary N) is 1. The third-order valence-corrected chi connectivity index (χ3v) is 3.94. The molecule has 3 N–H and O–H groups in total. The summed E-state index contributed by atoms with van der Waals surface area (Å²) >= 11 is 1.49. The van der Waals surface area contributed by atoms with Crippen molar-refractivity contribution in [1.82, 2.24) is 14.8 Å². The Bertz CT molecular complexity index is 651. The van der Waals surface area contributed by atoms with E-state index in [1.807, 2.05) is 32.0 Å². The standard InChI is InChI=1S/C14H20N4O2S/c1-3-7-18-13(19)16-17-14(18)21-9-10-8-11(15)5-6-12(10)20-4-2/h5-6,8H,3-4,7,9,15H2,1-2H3,(H,16,19). The summed E-state index contributed by atoms with van der Waals surface area (Å²) in [5, 5.41) is 7.24. The predicted molar refractivity (Wildman–Crippen MR) is 84.7 cm³/mol. The maximum absolute atomic E-state index is 11.7. The van der Waals surface area contributed by atoms with E-state index in [2.05, 4.69) is 10.2 Å². The van der Waals surface area contributed by atoms with Gasteiger partial charge in [-0.2, -0.15) is 0 Å². The molecule has 114 valence electrons.